The molecule has 1 amide bonds. The predicted octanol–water partition coefficient (Wildman–Crippen LogP) is 2.42. The SMILES string of the molecule is CCc1ccc(/C=C2\CNNC2=O)c2ccccc12. The molecule has 2 aromatic carbocycles. The average molecular weight is 252 g/mol. The molecule has 1 heterocycles. The number of nitrogens with one attached hydrogen (secondary N) is 2. The van der Waals surface area contributed by atoms with Gasteiger partial charge in [0.1, 0.15) is 0 Å². The Morgan fingerprint density at radius 1 is 1.16 bits per heavy atom. The monoisotopic (exact) mass is 252 g/mol. The molecule has 2 aromatic rings. The van der Waals surface area contributed by atoms with E-state index in [4.69, 9.17) is 0 Å². The molecule has 96 valence electrons. The van der Waals surface area contributed by atoms with E-state index in [0.29, 0.717) is 6.54 Å². The van der Waals surface area contributed by atoms with Crippen molar-refractivity contribution in [2.24, 2.45) is 0 Å². The van der Waals surface area contributed by atoms with Crippen LogP contribution < -0.4 is 10.9 Å². The summed E-state index contributed by atoms with van der Waals surface area (Å²) in [6.07, 6.45) is 2.98. The summed E-state index contributed by atoms with van der Waals surface area (Å²) in [5, 5.41) is 2.47. The van der Waals surface area contributed by atoms with Crippen molar-refractivity contribution in [3.63, 3.8) is 0 Å². The number of fused-ring (bicyclic) bond motifs is 1. The van der Waals surface area contributed by atoms with Gasteiger partial charge in [-0.25, -0.2) is 5.43 Å². The second-order valence-corrected chi connectivity index (χ2v) is 4.69. The summed E-state index contributed by atoms with van der Waals surface area (Å²) in [4.78, 5) is 11.6. The Kier molecular flexibility index (Phi) is 3.05. The molecule has 0 spiro atoms. The number of carbonyl (C=O) groups is 1. The van der Waals surface area contributed by atoms with E-state index in [2.05, 4.69) is 48.1 Å². The zero-order valence-corrected chi connectivity index (χ0v) is 10.9. The maximum Gasteiger partial charge on any atom is 0.262 e. The standard InChI is InChI=1S/C16H16N2O/c1-2-11-7-8-12(9-13-10-17-18-16(13)19)15-6-4-3-5-14(11)15/h3-9,17H,2,10H2,1H3,(H,18,19)/b13-9+. The molecule has 1 fully saturated rings. The largest absolute Gasteiger partial charge is 0.287 e. The van der Waals surface area contributed by atoms with Gasteiger partial charge >= 0.3 is 0 Å². The first-order valence-electron chi connectivity index (χ1n) is 6.54. The van der Waals surface area contributed by atoms with Gasteiger partial charge in [0, 0.05) is 12.1 Å². The third-order valence-electron chi connectivity index (χ3n) is 3.53. The predicted molar refractivity (Wildman–Crippen MR) is 77.4 cm³/mol. The van der Waals surface area contributed by atoms with E-state index in [-0.39, 0.29) is 5.91 Å². The van der Waals surface area contributed by atoms with Crippen LogP contribution >= 0.6 is 0 Å². The summed E-state index contributed by atoms with van der Waals surface area (Å²) in [7, 11) is 0. The zero-order chi connectivity index (χ0) is 13.2. The van der Waals surface area contributed by atoms with Crippen molar-refractivity contribution in [1.29, 1.82) is 0 Å². The van der Waals surface area contributed by atoms with E-state index in [9.17, 15) is 4.79 Å². The molecule has 1 aliphatic heterocycles. The minimum atomic E-state index is -0.0383. The highest BCUT2D eigenvalue weighted by Gasteiger charge is 2.15. The Morgan fingerprint density at radius 2 is 1.95 bits per heavy atom. The molecular formula is C16H16N2O. The van der Waals surface area contributed by atoms with Gasteiger partial charge in [-0.1, -0.05) is 43.3 Å². The molecule has 0 atom stereocenters. The molecule has 0 radical (unpaired) electrons. The highest BCUT2D eigenvalue weighted by atomic mass is 16.2. The van der Waals surface area contributed by atoms with E-state index in [1.54, 1.807) is 0 Å². The molecule has 0 aromatic heterocycles. The van der Waals surface area contributed by atoms with Crippen LogP contribution in [-0.2, 0) is 11.2 Å². The van der Waals surface area contributed by atoms with Crippen molar-refractivity contribution in [3.05, 3.63) is 53.1 Å². The molecule has 0 aliphatic carbocycles. The second kappa shape index (κ2) is 4.86. The normalized spacial score (nSPS) is 17.1. The maximum absolute atomic E-state index is 11.6. The van der Waals surface area contributed by atoms with Crippen LogP contribution in [0.25, 0.3) is 16.8 Å². The number of hydrogen-bond acceptors (Lipinski definition) is 2. The van der Waals surface area contributed by atoms with Crippen LogP contribution in [0.4, 0.5) is 0 Å². The Hall–Kier alpha value is -2.13. The lowest BCUT2D eigenvalue weighted by molar-refractivity contribution is -0.116. The lowest BCUT2D eigenvalue weighted by Crippen LogP contribution is -2.25. The second-order valence-electron chi connectivity index (χ2n) is 4.69. The van der Waals surface area contributed by atoms with Crippen LogP contribution in [0.1, 0.15) is 18.1 Å². The van der Waals surface area contributed by atoms with Crippen LogP contribution in [0, 0.1) is 0 Å². The highest BCUT2D eigenvalue weighted by Crippen LogP contribution is 2.25. The Balaban J connectivity index is 2.17. The van der Waals surface area contributed by atoms with Crippen molar-refractivity contribution >= 4 is 22.8 Å². The summed E-state index contributed by atoms with van der Waals surface area (Å²) in [5.41, 5.74) is 8.66. The van der Waals surface area contributed by atoms with Crippen LogP contribution in [0.3, 0.4) is 0 Å². The van der Waals surface area contributed by atoms with Crippen molar-refractivity contribution in [2.45, 2.75) is 13.3 Å². The maximum atomic E-state index is 11.6. The first-order chi connectivity index (χ1) is 9.29. The van der Waals surface area contributed by atoms with Gasteiger partial charge in [0.25, 0.3) is 5.91 Å². The Morgan fingerprint density at radius 3 is 2.63 bits per heavy atom. The number of rotatable bonds is 2. The number of hydrogen-bond donors (Lipinski definition) is 2. The third-order valence-corrected chi connectivity index (χ3v) is 3.53. The topological polar surface area (TPSA) is 41.1 Å². The van der Waals surface area contributed by atoms with Crippen LogP contribution in [-0.4, -0.2) is 12.5 Å². The first-order valence-corrected chi connectivity index (χ1v) is 6.54. The quantitative estimate of drug-likeness (QED) is 0.806. The molecule has 1 aliphatic rings. The molecule has 1 saturated heterocycles. The number of benzene rings is 2. The molecular weight excluding hydrogens is 236 g/mol. The molecule has 19 heavy (non-hydrogen) atoms. The molecule has 3 heteroatoms. The van der Waals surface area contributed by atoms with E-state index in [1.165, 1.54) is 16.3 Å². The Bertz CT molecular complexity index is 674. The van der Waals surface area contributed by atoms with Crippen molar-refractivity contribution in [1.82, 2.24) is 10.9 Å². The number of aryl methyl sites for hydroxylation is 1. The van der Waals surface area contributed by atoms with Crippen LogP contribution in [0.15, 0.2) is 42.0 Å². The van der Waals surface area contributed by atoms with Crippen LogP contribution in [0.5, 0.6) is 0 Å². The van der Waals surface area contributed by atoms with Gasteiger partial charge in [-0.3, -0.25) is 10.2 Å². The fourth-order valence-corrected chi connectivity index (χ4v) is 2.50. The fourth-order valence-electron chi connectivity index (χ4n) is 2.50. The van der Waals surface area contributed by atoms with E-state index in [0.717, 1.165) is 17.6 Å². The molecule has 0 bridgehead atoms. The summed E-state index contributed by atoms with van der Waals surface area (Å²) >= 11 is 0. The third kappa shape index (κ3) is 2.13. The number of amides is 1. The van der Waals surface area contributed by atoms with E-state index in [1.807, 2.05) is 12.1 Å². The molecule has 0 unspecified atom stereocenters. The minimum absolute atomic E-state index is 0.0383. The molecule has 3 nitrogen and oxygen atoms in total. The lowest BCUT2D eigenvalue weighted by Gasteiger charge is -2.08. The minimum Gasteiger partial charge on any atom is -0.287 e. The number of hydrazine groups is 1. The van der Waals surface area contributed by atoms with Gasteiger partial charge in [0.2, 0.25) is 0 Å². The van der Waals surface area contributed by atoms with Crippen molar-refractivity contribution < 1.29 is 4.79 Å². The fraction of sp³-hybridized carbons (Fsp3) is 0.188. The van der Waals surface area contributed by atoms with Gasteiger partial charge in [0.05, 0.1) is 0 Å². The molecule has 0 saturated carbocycles. The van der Waals surface area contributed by atoms with Crippen LogP contribution in [0.2, 0.25) is 0 Å². The summed E-state index contributed by atoms with van der Waals surface area (Å²) in [6, 6.07) is 12.6. The van der Waals surface area contributed by atoms with Gasteiger partial charge < -0.3 is 0 Å². The smallest absolute Gasteiger partial charge is 0.262 e. The first kappa shape index (κ1) is 11.9. The van der Waals surface area contributed by atoms with E-state index < -0.39 is 0 Å². The summed E-state index contributed by atoms with van der Waals surface area (Å²) in [5.74, 6) is -0.0383. The van der Waals surface area contributed by atoms with Gasteiger partial charge in [-0.2, -0.15) is 0 Å². The highest BCUT2D eigenvalue weighted by molar-refractivity contribution is 6.02. The summed E-state index contributed by atoms with van der Waals surface area (Å²) < 4.78 is 0. The summed E-state index contributed by atoms with van der Waals surface area (Å²) in [6.45, 7) is 2.73. The zero-order valence-electron chi connectivity index (χ0n) is 10.9. The van der Waals surface area contributed by atoms with E-state index >= 15 is 0 Å². The average Bonchev–Trinajstić information content (AvgIpc) is 2.85. The molecule has 3 rings (SSSR count). The number of carbonyl (C=O) groups excluding carboxylic acids is 1. The van der Waals surface area contributed by atoms with Gasteiger partial charge in [-0.15, -0.1) is 0 Å². The molecule has 2 N–H and O–H groups in total. The van der Waals surface area contributed by atoms with Crippen molar-refractivity contribution in [3.8, 4) is 0 Å². The Labute approximate surface area is 112 Å². The lowest BCUT2D eigenvalue weighted by atomic mass is 9.97. The van der Waals surface area contributed by atoms with Crippen molar-refractivity contribution in [2.75, 3.05) is 6.54 Å². The van der Waals surface area contributed by atoms with Gasteiger partial charge in [0.15, 0.2) is 0 Å². The van der Waals surface area contributed by atoms with Gasteiger partial charge in [-0.05, 0) is 34.4 Å².